The third-order valence-electron chi connectivity index (χ3n) is 4.47. The molecule has 0 saturated carbocycles. The molecule has 1 heterocycles. The molecule has 5 heteroatoms. The Labute approximate surface area is 132 Å². The van der Waals surface area contributed by atoms with Crippen molar-refractivity contribution in [1.82, 2.24) is 10.2 Å². The van der Waals surface area contributed by atoms with Gasteiger partial charge in [0.25, 0.3) is 0 Å². The van der Waals surface area contributed by atoms with Gasteiger partial charge in [0.15, 0.2) is 0 Å². The topological polar surface area (TPSA) is 38.7 Å². The van der Waals surface area contributed by atoms with Crippen molar-refractivity contribution in [3.8, 4) is 0 Å². The summed E-state index contributed by atoms with van der Waals surface area (Å²) in [5.74, 6) is -0.152. The molecule has 2 rings (SSSR count). The molecular weight excluding hydrogens is 281 g/mol. The van der Waals surface area contributed by atoms with Crippen LogP contribution in [0.15, 0.2) is 18.2 Å². The van der Waals surface area contributed by atoms with Crippen molar-refractivity contribution in [3.05, 3.63) is 29.6 Å². The van der Waals surface area contributed by atoms with Gasteiger partial charge in [0, 0.05) is 26.2 Å². The highest BCUT2D eigenvalue weighted by atomic mass is 19.1. The van der Waals surface area contributed by atoms with Gasteiger partial charge in [-0.15, -0.1) is 0 Å². The first kappa shape index (κ1) is 17.2. The van der Waals surface area contributed by atoms with Crippen LogP contribution in [0.4, 0.5) is 10.1 Å². The van der Waals surface area contributed by atoms with Crippen LogP contribution in [0.2, 0.25) is 0 Å². The number of aliphatic hydroxyl groups is 1. The van der Waals surface area contributed by atoms with Gasteiger partial charge >= 0.3 is 0 Å². The van der Waals surface area contributed by atoms with Gasteiger partial charge in [0.1, 0.15) is 5.82 Å². The molecule has 1 aliphatic rings. The molecule has 0 bridgehead atoms. The Morgan fingerprint density at radius 2 is 2.09 bits per heavy atom. The Morgan fingerprint density at radius 1 is 1.36 bits per heavy atom. The van der Waals surface area contributed by atoms with Gasteiger partial charge in [-0.1, -0.05) is 6.07 Å². The number of hydrogen-bond acceptors (Lipinski definition) is 4. The van der Waals surface area contributed by atoms with Gasteiger partial charge in [0.2, 0.25) is 0 Å². The fourth-order valence-corrected chi connectivity index (χ4v) is 2.95. The summed E-state index contributed by atoms with van der Waals surface area (Å²) in [5.41, 5.74) is 1.77. The molecule has 0 aromatic heterocycles. The molecule has 22 heavy (non-hydrogen) atoms. The quantitative estimate of drug-likeness (QED) is 0.754. The van der Waals surface area contributed by atoms with E-state index in [-0.39, 0.29) is 12.4 Å². The Balaban J connectivity index is 1.99. The Bertz CT molecular complexity index is 461. The number of nitrogens with one attached hydrogen (secondary N) is 1. The normalized spacial score (nSPS) is 16.9. The molecule has 0 unspecified atom stereocenters. The molecule has 1 saturated heterocycles. The second kappa shape index (κ2) is 8.46. The summed E-state index contributed by atoms with van der Waals surface area (Å²) in [7, 11) is 4.13. The average Bonchev–Trinajstić information content (AvgIpc) is 2.53. The number of piperidine rings is 1. The van der Waals surface area contributed by atoms with Crippen LogP contribution in [-0.4, -0.2) is 56.4 Å². The summed E-state index contributed by atoms with van der Waals surface area (Å²) in [6, 6.07) is 5.74. The van der Waals surface area contributed by atoms with E-state index in [0.717, 1.165) is 44.5 Å². The van der Waals surface area contributed by atoms with E-state index in [1.54, 1.807) is 6.07 Å². The Kier molecular flexibility index (Phi) is 6.61. The SMILES string of the molecule is CN1CCC(N(C)c2cc(CNCCCO)ccc2F)CC1. The lowest BCUT2D eigenvalue weighted by Gasteiger charge is -2.36. The number of nitrogens with zero attached hydrogens (tertiary/aromatic N) is 2. The number of anilines is 1. The van der Waals surface area contributed by atoms with Crippen LogP contribution in [0.25, 0.3) is 0 Å². The molecule has 1 fully saturated rings. The van der Waals surface area contributed by atoms with Crippen molar-refractivity contribution >= 4 is 5.69 Å². The van der Waals surface area contributed by atoms with E-state index in [0.29, 0.717) is 18.3 Å². The molecule has 1 aromatic rings. The van der Waals surface area contributed by atoms with Crippen LogP contribution in [0, 0.1) is 5.82 Å². The molecule has 0 spiro atoms. The zero-order valence-corrected chi connectivity index (χ0v) is 13.7. The van der Waals surface area contributed by atoms with Crippen LogP contribution in [0.1, 0.15) is 24.8 Å². The van der Waals surface area contributed by atoms with Crippen molar-refractivity contribution in [2.24, 2.45) is 0 Å². The maximum atomic E-state index is 14.2. The monoisotopic (exact) mass is 309 g/mol. The summed E-state index contributed by atoms with van der Waals surface area (Å²) in [6.07, 6.45) is 2.89. The van der Waals surface area contributed by atoms with E-state index in [1.165, 1.54) is 0 Å². The first-order valence-electron chi connectivity index (χ1n) is 8.13. The first-order chi connectivity index (χ1) is 10.6. The van der Waals surface area contributed by atoms with Crippen molar-refractivity contribution in [2.75, 3.05) is 45.2 Å². The van der Waals surface area contributed by atoms with Crippen LogP contribution >= 0.6 is 0 Å². The van der Waals surface area contributed by atoms with Crippen molar-refractivity contribution in [1.29, 1.82) is 0 Å². The standard InChI is InChI=1S/C17H28FN3O/c1-20-9-6-15(7-10-20)21(2)17-12-14(4-5-16(17)18)13-19-8-3-11-22/h4-5,12,15,19,22H,3,6-11,13H2,1-2H3. The minimum Gasteiger partial charge on any atom is -0.396 e. The minimum atomic E-state index is -0.152. The van der Waals surface area contributed by atoms with Crippen LogP contribution < -0.4 is 10.2 Å². The van der Waals surface area contributed by atoms with E-state index >= 15 is 0 Å². The molecule has 2 N–H and O–H groups in total. The molecule has 4 nitrogen and oxygen atoms in total. The smallest absolute Gasteiger partial charge is 0.146 e. The maximum Gasteiger partial charge on any atom is 0.146 e. The Hall–Kier alpha value is -1.17. The van der Waals surface area contributed by atoms with E-state index < -0.39 is 0 Å². The number of rotatable bonds is 7. The largest absolute Gasteiger partial charge is 0.396 e. The fourth-order valence-electron chi connectivity index (χ4n) is 2.95. The number of hydrogen-bond donors (Lipinski definition) is 2. The van der Waals surface area contributed by atoms with E-state index in [2.05, 4.69) is 22.2 Å². The van der Waals surface area contributed by atoms with Crippen LogP contribution in [-0.2, 0) is 6.54 Å². The zero-order valence-electron chi connectivity index (χ0n) is 13.7. The molecule has 124 valence electrons. The minimum absolute atomic E-state index is 0.152. The highest BCUT2D eigenvalue weighted by Crippen LogP contribution is 2.25. The van der Waals surface area contributed by atoms with Crippen molar-refractivity contribution in [2.45, 2.75) is 31.8 Å². The second-order valence-corrected chi connectivity index (χ2v) is 6.19. The van der Waals surface area contributed by atoms with Crippen LogP contribution in [0.5, 0.6) is 0 Å². The summed E-state index contributed by atoms with van der Waals surface area (Å²) >= 11 is 0. The molecule has 1 aromatic carbocycles. The number of halogens is 1. The lowest BCUT2D eigenvalue weighted by atomic mass is 10.0. The van der Waals surface area contributed by atoms with E-state index in [4.69, 9.17) is 5.11 Å². The summed E-state index contributed by atoms with van der Waals surface area (Å²) in [6.45, 7) is 3.81. The lowest BCUT2D eigenvalue weighted by Crippen LogP contribution is -2.42. The highest BCUT2D eigenvalue weighted by Gasteiger charge is 2.22. The van der Waals surface area contributed by atoms with Gasteiger partial charge in [-0.3, -0.25) is 0 Å². The summed E-state index contributed by atoms with van der Waals surface area (Å²) in [4.78, 5) is 4.42. The summed E-state index contributed by atoms with van der Waals surface area (Å²) in [5, 5.41) is 12.0. The number of benzene rings is 1. The van der Waals surface area contributed by atoms with Gasteiger partial charge in [-0.05, 0) is 63.6 Å². The third-order valence-corrected chi connectivity index (χ3v) is 4.47. The Morgan fingerprint density at radius 3 is 2.77 bits per heavy atom. The maximum absolute atomic E-state index is 14.2. The van der Waals surface area contributed by atoms with Gasteiger partial charge < -0.3 is 20.2 Å². The van der Waals surface area contributed by atoms with Crippen molar-refractivity contribution < 1.29 is 9.50 Å². The third kappa shape index (κ3) is 4.66. The second-order valence-electron chi connectivity index (χ2n) is 6.19. The molecular formula is C17H28FN3O. The number of likely N-dealkylation sites (tertiary alicyclic amines) is 1. The van der Waals surface area contributed by atoms with E-state index in [1.807, 2.05) is 19.2 Å². The lowest BCUT2D eigenvalue weighted by molar-refractivity contribution is 0.252. The predicted molar refractivity (Wildman–Crippen MR) is 88.7 cm³/mol. The zero-order chi connectivity index (χ0) is 15.9. The summed E-state index contributed by atoms with van der Waals surface area (Å²) < 4.78 is 14.2. The van der Waals surface area contributed by atoms with Crippen molar-refractivity contribution in [3.63, 3.8) is 0 Å². The van der Waals surface area contributed by atoms with Crippen LogP contribution in [0.3, 0.4) is 0 Å². The van der Waals surface area contributed by atoms with Gasteiger partial charge in [-0.2, -0.15) is 0 Å². The first-order valence-corrected chi connectivity index (χ1v) is 8.13. The van der Waals surface area contributed by atoms with Gasteiger partial charge in [-0.25, -0.2) is 4.39 Å². The highest BCUT2D eigenvalue weighted by molar-refractivity contribution is 5.50. The number of aliphatic hydroxyl groups excluding tert-OH is 1. The molecule has 0 aliphatic carbocycles. The van der Waals surface area contributed by atoms with E-state index in [9.17, 15) is 4.39 Å². The predicted octanol–water partition coefficient (Wildman–Crippen LogP) is 1.83. The molecule has 0 radical (unpaired) electrons. The molecule has 1 aliphatic heterocycles. The van der Waals surface area contributed by atoms with Gasteiger partial charge in [0.05, 0.1) is 5.69 Å². The average molecular weight is 309 g/mol. The fraction of sp³-hybridized carbons (Fsp3) is 0.647. The molecule has 0 atom stereocenters. The molecule has 0 amide bonds.